The van der Waals surface area contributed by atoms with Gasteiger partial charge in [0.15, 0.2) is 0 Å². The first kappa shape index (κ1) is 14.4. The Balaban J connectivity index is 0.00000144. The number of carbonyl (C=O) groups is 1. The Morgan fingerprint density at radius 1 is 1.59 bits per heavy atom. The van der Waals surface area contributed by atoms with E-state index in [2.05, 4.69) is 10.6 Å². The number of β-amino-alcohol motifs (C(OH)–C–C–N with tert-alkyl or cyclic N) is 1. The summed E-state index contributed by atoms with van der Waals surface area (Å²) in [5.74, 6) is 0.170. The van der Waals surface area contributed by atoms with Crippen LogP contribution in [-0.4, -0.2) is 36.8 Å². The van der Waals surface area contributed by atoms with Gasteiger partial charge in [0.05, 0.1) is 12.5 Å². The van der Waals surface area contributed by atoms with E-state index in [1.807, 2.05) is 16.8 Å². The van der Waals surface area contributed by atoms with Crippen LogP contribution in [0.5, 0.6) is 0 Å². The molecule has 1 aliphatic heterocycles. The Hall–Kier alpha value is -0.620. The lowest BCUT2D eigenvalue weighted by atomic mass is 10.1. The van der Waals surface area contributed by atoms with E-state index >= 15 is 0 Å². The molecule has 0 saturated carbocycles. The molecule has 2 rings (SSSR count). The average Bonchev–Trinajstić information content (AvgIpc) is 2.87. The summed E-state index contributed by atoms with van der Waals surface area (Å²) in [6.07, 6.45) is 0.0983. The maximum Gasteiger partial charge on any atom is 0.224 e. The Morgan fingerprint density at radius 2 is 2.41 bits per heavy atom. The highest BCUT2D eigenvalue weighted by Gasteiger charge is 2.24. The molecule has 1 fully saturated rings. The van der Waals surface area contributed by atoms with Crippen LogP contribution in [0.15, 0.2) is 16.8 Å². The van der Waals surface area contributed by atoms with Crippen molar-refractivity contribution in [3.05, 3.63) is 22.4 Å². The summed E-state index contributed by atoms with van der Waals surface area (Å²) in [6.45, 7) is 1.96. The second kappa shape index (κ2) is 6.96. The number of aliphatic hydroxyl groups excluding tert-OH is 1. The van der Waals surface area contributed by atoms with Crippen LogP contribution < -0.4 is 10.6 Å². The van der Waals surface area contributed by atoms with Crippen LogP contribution in [0.4, 0.5) is 0 Å². The van der Waals surface area contributed by atoms with Gasteiger partial charge in [-0.2, -0.15) is 11.3 Å². The van der Waals surface area contributed by atoms with Crippen molar-refractivity contribution in [1.82, 2.24) is 10.6 Å². The van der Waals surface area contributed by atoms with Crippen LogP contribution in [0.25, 0.3) is 0 Å². The Bertz CT molecular complexity index is 345. The third-order valence-corrected chi connectivity index (χ3v) is 3.54. The third kappa shape index (κ3) is 4.27. The van der Waals surface area contributed by atoms with Crippen molar-refractivity contribution in [3.8, 4) is 0 Å². The van der Waals surface area contributed by atoms with Gasteiger partial charge >= 0.3 is 0 Å². The third-order valence-electron chi connectivity index (χ3n) is 2.81. The van der Waals surface area contributed by atoms with Crippen LogP contribution in [0.2, 0.25) is 0 Å². The monoisotopic (exact) mass is 276 g/mol. The van der Waals surface area contributed by atoms with Crippen molar-refractivity contribution in [2.24, 2.45) is 5.92 Å². The number of rotatable bonds is 4. The molecule has 2 atom stereocenters. The zero-order valence-corrected chi connectivity index (χ0v) is 11.0. The summed E-state index contributed by atoms with van der Waals surface area (Å²) in [5, 5.41) is 19.4. The van der Waals surface area contributed by atoms with Gasteiger partial charge < -0.3 is 15.7 Å². The summed E-state index contributed by atoms with van der Waals surface area (Å²) in [7, 11) is 0. The number of halogens is 1. The molecule has 0 aromatic carbocycles. The van der Waals surface area contributed by atoms with Gasteiger partial charge in [-0.1, -0.05) is 0 Å². The fraction of sp³-hybridized carbons (Fsp3) is 0.545. The largest absolute Gasteiger partial charge is 0.391 e. The van der Waals surface area contributed by atoms with Gasteiger partial charge in [-0.05, 0) is 22.4 Å². The zero-order valence-electron chi connectivity index (χ0n) is 9.39. The molecule has 2 unspecified atom stereocenters. The average molecular weight is 277 g/mol. The van der Waals surface area contributed by atoms with Gasteiger partial charge in [0.2, 0.25) is 5.91 Å². The van der Waals surface area contributed by atoms with Gasteiger partial charge in [-0.3, -0.25) is 4.79 Å². The smallest absolute Gasteiger partial charge is 0.224 e. The van der Waals surface area contributed by atoms with Crippen molar-refractivity contribution in [2.45, 2.75) is 12.5 Å². The van der Waals surface area contributed by atoms with Gasteiger partial charge in [-0.15, -0.1) is 12.4 Å². The highest BCUT2D eigenvalue weighted by Crippen LogP contribution is 2.08. The van der Waals surface area contributed by atoms with Crippen LogP contribution in [-0.2, 0) is 11.2 Å². The second-order valence-electron chi connectivity index (χ2n) is 4.10. The molecule has 0 spiro atoms. The van der Waals surface area contributed by atoms with Crippen LogP contribution in [0, 0.1) is 5.92 Å². The number of carbonyl (C=O) groups excluding carboxylic acids is 1. The molecule has 96 valence electrons. The second-order valence-corrected chi connectivity index (χ2v) is 4.88. The highest BCUT2D eigenvalue weighted by atomic mass is 35.5. The van der Waals surface area contributed by atoms with E-state index in [0.29, 0.717) is 19.5 Å². The normalized spacial score (nSPS) is 23.1. The molecule has 2 heterocycles. The standard InChI is InChI=1S/C11H16N2O2S.ClH/c14-10-6-12-4-9(10)5-13-11(15)3-8-1-2-16-7-8;/h1-2,7,9-10,12,14H,3-6H2,(H,13,15);1H. The molecule has 6 heteroatoms. The fourth-order valence-electron chi connectivity index (χ4n) is 1.81. The Kier molecular flexibility index (Phi) is 5.91. The van der Waals surface area contributed by atoms with Crippen molar-refractivity contribution in [1.29, 1.82) is 0 Å². The van der Waals surface area contributed by atoms with Gasteiger partial charge in [0.25, 0.3) is 0 Å². The molecule has 1 aromatic rings. The quantitative estimate of drug-likeness (QED) is 0.747. The molecule has 4 nitrogen and oxygen atoms in total. The predicted octanol–water partition coefficient (Wildman–Crippen LogP) is 0.409. The van der Waals surface area contributed by atoms with Gasteiger partial charge in [0.1, 0.15) is 0 Å². The summed E-state index contributed by atoms with van der Waals surface area (Å²) in [6, 6.07) is 1.95. The van der Waals surface area contributed by atoms with E-state index in [4.69, 9.17) is 0 Å². The first-order valence-corrected chi connectivity index (χ1v) is 6.36. The molecule has 17 heavy (non-hydrogen) atoms. The lowest BCUT2D eigenvalue weighted by Crippen LogP contribution is -2.35. The zero-order chi connectivity index (χ0) is 11.4. The molecule has 0 bridgehead atoms. The number of nitrogens with one attached hydrogen (secondary N) is 2. The number of hydrogen-bond acceptors (Lipinski definition) is 4. The summed E-state index contributed by atoms with van der Waals surface area (Å²) in [5.41, 5.74) is 1.05. The topological polar surface area (TPSA) is 61.4 Å². The highest BCUT2D eigenvalue weighted by molar-refractivity contribution is 7.07. The van der Waals surface area contributed by atoms with Crippen LogP contribution in [0.3, 0.4) is 0 Å². The van der Waals surface area contributed by atoms with Crippen molar-refractivity contribution >= 4 is 29.7 Å². The van der Waals surface area contributed by atoms with Crippen molar-refractivity contribution in [3.63, 3.8) is 0 Å². The lowest BCUT2D eigenvalue weighted by molar-refractivity contribution is -0.120. The molecule has 1 amide bonds. The summed E-state index contributed by atoms with van der Waals surface area (Å²) < 4.78 is 0. The summed E-state index contributed by atoms with van der Waals surface area (Å²) in [4.78, 5) is 11.6. The first-order chi connectivity index (χ1) is 7.75. The molecule has 0 radical (unpaired) electrons. The maximum absolute atomic E-state index is 11.6. The Labute approximate surface area is 111 Å². The minimum Gasteiger partial charge on any atom is -0.391 e. The maximum atomic E-state index is 11.6. The molecule has 1 aromatic heterocycles. The molecule has 3 N–H and O–H groups in total. The number of aliphatic hydroxyl groups is 1. The number of hydrogen-bond donors (Lipinski definition) is 3. The SMILES string of the molecule is Cl.O=C(Cc1ccsc1)NCC1CNCC1O. The number of amides is 1. The van der Waals surface area contributed by atoms with E-state index in [9.17, 15) is 9.90 Å². The first-order valence-electron chi connectivity index (χ1n) is 5.42. The summed E-state index contributed by atoms with van der Waals surface area (Å²) >= 11 is 1.60. The van der Waals surface area contributed by atoms with Crippen molar-refractivity contribution in [2.75, 3.05) is 19.6 Å². The van der Waals surface area contributed by atoms with E-state index in [0.717, 1.165) is 12.1 Å². The molecule has 1 aliphatic rings. The van der Waals surface area contributed by atoms with Crippen LogP contribution in [0.1, 0.15) is 5.56 Å². The van der Waals surface area contributed by atoms with E-state index in [-0.39, 0.29) is 30.3 Å². The van der Waals surface area contributed by atoms with E-state index in [1.54, 1.807) is 11.3 Å². The molecular formula is C11H17ClN2O2S. The Morgan fingerprint density at radius 3 is 3.00 bits per heavy atom. The van der Waals surface area contributed by atoms with Crippen LogP contribution >= 0.6 is 23.7 Å². The predicted molar refractivity (Wildman–Crippen MR) is 70.6 cm³/mol. The molecule has 1 saturated heterocycles. The molecule has 0 aliphatic carbocycles. The minimum absolute atomic E-state index is 0. The fourth-order valence-corrected chi connectivity index (χ4v) is 2.48. The van der Waals surface area contributed by atoms with Gasteiger partial charge in [0, 0.05) is 25.6 Å². The lowest BCUT2D eigenvalue weighted by Gasteiger charge is -2.13. The van der Waals surface area contributed by atoms with Crippen molar-refractivity contribution < 1.29 is 9.90 Å². The van der Waals surface area contributed by atoms with Gasteiger partial charge in [-0.25, -0.2) is 0 Å². The van der Waals surface area contributed by atoms with E-state index in [1.165, 1.54) is 0 Å². The number of thiophene rings is 1. The molecular weight excluding hydrogens is 260 g/mol. The minimum atomic E-state index is -0.332. The van der Waals surface area contributed by atoms with E-state index < -0.39 is 0 Å².